The minimum Gasteiger partial charge on any atom is -0.205 e. The van der Waals surface area contributed by atoms with E-state index in [-0.39, 0.29) is 11.1 Å². The van der Waals surface area contributed by atoms with Crippen molar-refractivity contribution in [3.8, 4) is 23.7 Å². The van der Waals surface area contributed by atoms with Crippen molar-refractivity contribution in [2.45, 2.75) is 38.8 Å². The van der Waals surface area contributed by atoms with Gasteiger partial charge in [0, 0.05) is 22.1 Å². The molecule has 4 aromatic carbocycles. The molecule has 0 bridgehead atoms. The standard InChI is InChI=1S/C32H24F4/c1-2-3-4-23-5-7-24(8-6-23)9-12-26-16-20-30-29(21-26)19-18-28(31(30)33)17-15-25-10-13-27(14-11-25)22-32(34,35)36/h5-8,10-11,13-14,16,18-21H,2-4,22H2,1H3. The molecule has 4 rings (SSSR count). The predicted molar refractivity (Wildman–Crippen MR) is 137 cm³/mol. The van der Waals surface area contributed by atoms with E-state index in [4.69, 9.17) is 0 Å². The summed E-state index contributed by atoms with van der Waals surface area (Å²) in [5.74, 6) is 11.5. The molecule has 0 fully saturated rings. The molecule has 0 unspecified atom stereocenters. The summed E-state index contributed by atoms with van der Waals surface area (Å²) in [6.45, 7) is 2.18. The van der Waals surface area contributed by atoms with Gasteiger partial charge < -0.3 is 0 Å². The monoisotopic (exact) mass is 484 g/mol. The summed E-state index contributed by atoms with van der Waals surface area (Å²) in [6, 6.07) is 22.8. The van der Waals surface area contributed by atoms with Crippen molar-refractivity contribution in [1.29, 1.82) is 0 Å². The quantitative estimate of drug-likeness (QED) is 0.202. The van der Waals surface area contributed by atoms with Crippen LogP contribution in [0.2, 0.25) is 0 Å². The molecule has 0 saturated carbocycles. The van der Waals surface area contributed by atoms with E-state index < -0.39 is 18.4 Å². The number of benzene rings is 4. The molecule has 0 aliphatic heterocycles. The van der Waals surface area contributed by atoms with Gasteiger partial charge in [0.1, 0.15) is 5.82 Å². The van der Waals surface area contributed by atoms with Gasteiger partial charge in [-0.1, -0.05) is 73.4 Å². The number of fused-ring (bicyclic) bond motifs is 1. The second-order valence-electron chi connectivity index (χ2n) is 8.65. The van der Waals surface area contributed by atoms with E-state index in [1.165, 1.54) is 42.7 Å². The zero-order valence-corrected chi connectivity index (χ0v) is 19.8. The Morgan fingerprint density at radius 3 is 1.89 bits per heavy atom. The molecule has 36 heavy (non-hydrogen) atoms. The molecule has 180 valence electrons. The summed E-state index contributed by atoms with van der Waals surface area (Å²) < 4.78 is 52.6. The first kappa shape index (κ1) is 25.1. The van der Waals surface area contributed by atoms with Crippen LogP contribution in [0.1, 0.15) is 53.1 Å². The van der Waals surface area contributed by atoms with Gasteiger partial charge in [-0.3, -0.25) is 0 Å². The van der Waals surface area contributed by atoms with Crippen molar-refractivity contribution in [2.75, 3.05) is 0 Å². The molecule has 0 heterocycles. The van der Waals surface area contributed by atoms with Crippen LogP contribution in [0.15, 0.2) is 78.9 Å². The molecule has 0 aliphatic carbocycles. The van der Waals surface area contributed by atoms with Gasteiger partial charge in [0.2, 0.25) is 0 Å². The zero-order valence-electron chi connectivity index (χ0n) is 19.8. The van der Waals surface area contributed by atoms with Gasteiger partial charge in [-0.15, -0.1) is 0 Å². The predicted octanol–water partition coefficient (Wildman–Crippen LogP) is 8.23. The Kier molecular flexibility index (Phi) is 7.77. The van der Waals surface area contributed by atoms with Gasteiger partial charge in [0.05, 0.1) is 12.0 Å². The minimum atomic E-state index is -4.26. The van der Waals surface area contributed by atoms with Crippen molar-refractivity contribution in [1.82, 2.24) is 0 Å². The van der Waals surface area contributed by atoms with Crippen molar-refractivity contribution in [3.05, 3.63) is 118 Å². The molecule has 0 radical (unpaired) electrons. The highest BCUT2D eigenvalue weighted by Crippen LogP contribution is 2.23. The Morgan fingerprint density at radius 1 is 0.667 bits per heavy atom. The summed E-state index contributed by atoms with van der Waals surface area (Å²) in [5.41, 5.74) is 3.93. The topological polar surface area (TPSA) is 0 Å². The largest absolute Gasteiger partial charge is 0.393 e. The molecule has 0 N–H and O–H groups in total. The molecule has 4 aromatic rings. The Bertz CT molecular complexity index is 1470. The van der Waals surface area contributed by atoms with Gasteiger partial charge in [-0.25, -0.2) is 4.39 Å². The van der Waals surface area contributed by atoms with Gasteiger partial charge in [-0.05, 0) is 71.8 Å². The Morgan fingerprint density at radius 2 is 1.25 bits per heavy atom. The van der Waals surface area contributed by atoms with Crippen LogP contribution in [-0.2, 0) is 12.8 Å². The van der Waals surface area contributed by atoms with Crippen LogP contribution in [0.3, 0.4) is 0 Å². The minimum absolute atomic E-state index is 0.160. The molecule has 0 spiro atoms. The van der Waals surface area contributed by atoms with E-state index in [0.717, 1.165) is 22.9 Å². The van der Waals surface area contributed by atoms with E-state index in [1.54, 1.807) is 24.3 Å². The van der Waals surface area contributed by atoms with Crippen LogP contribution in [0.4, 0.5) is 17.6 Å². The van der Waals surface area contributed by atoms with Gasteiger partial charge in [0.25, 0.3) is 0 Å². The van der Waals surface area contributed by atoms with Crippen LogP contribution in [0, 0.1) is 29.5 Å². The first-order chi connectivity index (χ1) is 17.3. The number of halogens is 4. The van der Waals surface area contributed by atoms with Gasteiger partial charge >= 0.3 is 6.18 Å². The number of alkyl halides is 3. The zero-order chi connectivity index (χ0) is 25.5. The normalized spacial score (nSPS) is 10.9. The van der Waals surface area contributed by atoms with Crippen LogP contribution in [0.25, 0.3) is 10.8 Å². The molecule has 0 amide bonds. The summed E-state index contributed by atoms with van der Waals surface area (Å²) in [6.07, 6.45) is -1.84. The second kappa shape index (κ2) is 11.1. The summed E-state index contributed by atoms with van der Waals surface area (Å²) in [4.78, 5) is 0. The maximum atomic E-state index is 15.1. The molecule has 0 aromatic heterocycles. The van der Waals surface area contributed by atoms with Crippen LogP contribution in [-0.4, -0.2) is 6.18 Å². The lowest BCUT2D eigenvalue weighted by Crippen LogP contribution is -2.11. The fourth-order valence-electron chi connectivity index (χ4n) is 3.82. The number of aryl methyl sites for hydroxylation is 1. The molecule has 0 aliphatic rings. The van der Waals surface area contributed by atoms with Crippen LogP contribution in [0.5, 0.6) is 0 Å². The summed E-state index contributed by atoms with van der Waals surface area (Å²) >= 11 is 0. The van der Waals surface area contributed by atoms with Crippen molar-refractivity contribution in [3.63, 3.8) is 0 Å². The molecular weight excluding hydrogens is 460 g/mol. The van der Waals surface area contributed by atoms with E-state index in [9.17, 15) is 13.2 Å². The van der Waals surface area contributed by atoms with E-state index >= 15 is 4.39 Å². The molecule has 0 nitrogen and oxygen atoms in total. The number of hydrogen-bond acceptors (Lipinski definition) is 0. The lowest BCUT2D eigenvalue weighted by atomic mass is 10.0. The van der Waals surface area contributed by atoms with Crippen LogP contribution < -0.4 is 0 Å². The molecule has 0 saturated heterocycles. The average molecular weight is 485 g/mol. The third-order valence-corrected chi connectivity index (χ3v) is 5.78. The second-order valence-corrected chi connectivity index (χ2v) is 8.65. The fourth-order valence-corrected chi connectivity index (χ4v) is 3.82. The highest BCUT2D eigenvalue weighted by atomic mass is 19.4. The number of rotatable bonds is 4. The highest BCUT2D eigenvalue weighted by molar-refractivity contribution is 5.86. The smallest absolute Gasteiger partial charge is 0.205 e. The van der Waals surface area contributed by atoms with Crippen molar-refractivity contribution < 1.29 is 17.6 Å². The third-order valence-electron chi connectivity index (χ3n) is 5.78. The highest BCUT2D eigenvalue weighted by Gasteiger charge is 2.27. The third kappa shape index (κ3) is 6.77. The Balaban J connectivity index is 1.50. The first-order valence-corrected chi connectivity index (χ1v) is 11.8. The molecular formula is C32H24F4. The van der Waals surface area contributed by atoms with Crippen molar-refractivity contribution in [2.24, 2.45) is 0 Å². The Hall–Kier alpha value is -4.02. The van der Waals surface area contributed by atoms with E-state index in [0.29, 0.717) is 10.9 Å². The van der Waals surface area contributed by atoms with E-state index in [2.05, 4.69) is 42.7 Å². The SMILES string of the molecule is CCCCc1ccc(C#Cc2ccc3c(F)c(C#Cc4ccc(CC(F)(F)F)cc4)ccc3c2)cc1. The summed E-state index contributed by atoms with van der Waals surface area (Å²) in [5, 5.41) is 1.16. The maximum absolute atomic E-state index is 15.1. The Labute approximate surface area is 209 Å². The van der Waals surface area contributed by atoms with Crippen molar-refractivity contribution >= 4 is 10.8 Å². The van der Waals surface area contributed by atoms with Gasteiger partial charge in [-0.2, -0.15) is 13.2 Å². The van der Waals surface area contributed by atoms with E-state index in [1.807, 2.05) is 18.2 Å². The fraction of sp³-hybridized carbons (Fsp3) is 0.188. The molecule has 4 heteroatoms. The first-order valence-electron chi connectivity index (χ1n) is 11.8. The lowest BCUT2D eigenvalue weighted by molar-refractivity contribution is -0.127. The van der Waals surface area contributed by atoms with Crippen LogP contribution >= 0.6 is 0 Å². The lowest BCUT2D eigenvalue weighted by Gasteiger charge is -2.05. The average Bonchev–Trinajstić information content (AvgIpc) is 2.86. The molecule has 0 atom stereocenters. The van der Waals surface area contributed by atoms with Gasteiger partial charge in [0.15, 0.2) is 0 Å². The maximum Gasteiger partial charge on any atom is 0.393 e. The number of hydrogen-bond donors (Lipinski definition) is 0. The number of unbranched alkanes of at least 4 members (excludes halogenated alkanes) is 1. The summed E-state index contributed by atoms with van der Waals surface area (Å²) in [7, 11) is 0.